The molecule has 1 heterocycles. The van der Waals surface area contributed by atoms with E-state index in [-0.39, 0.29) is 11.8 Å². The minimum absolute atomic E-state index is 0.0437. The maximum absolute atomic E-state index is 13.3. The van der Waals surface area contributed by atoms with Gasteiger partial charge in [-0.15, -0.1) is 0 Å². The van der Waals surface area contributed by atoms with Crippen molar-refractivity contribution in [2.45, 2.75) is 12.3 Å². The van der Waals surface area contributed by atoms with Crippen molar-refractivity contribution < 1.29 is 9.59 Å². The molecule has 32 heavy (non-hydrogen) atoms. The number of para-hydroxylation sites is 1. The monoisotopic (exact) mass is 420 g/mol. The Bertz CT molecular complexity index is 1280. The highest BCUT2D eigenvalue weighted by atomic mass is 16.2. The molecule has 0 bridgehead atoms. The van der Waals surface area contributed by atoms with Crippen LogP contribution in [-0.4, -0.2) is 29.8 Å². The van der Waals surface area contributed by atoms with E-state index in [1.165, 1.54) is 5.56 Å². The van der Waals surface area contributed by atoms with E-state index < -0.39 is 0 Å². The van der Waals surface area contributed by atoms with Gasteiger partial charge in [0.05, 0.1) is 11.3 Å². The number of benzene rings is 4. The lowest BCUT2D eigenvalue weighted by molar-refractivity contribution is 0.0792. The Labute approximate surface area is 187 Å². The van der Waals surface area contributed by atoms with Gasteiger partial charge < -0.3 is 10.2 Å². The molecular formula is C28H24N2O2. The molecule has 158 valence electrons. The molecule has 0 saturated carbocycles. The zero-order chi connectivity index (χ0) is 21.9. The molecule has 1 aliphatic rings. The number of likely N-dealkylation sites (tertiary alicyclic amines) is 1. The zero-order valence-electron chi connectivity index (χ0n) is 17.7. The van der Waals surface area contributed by atoms with Gasteiger partial charge in [-0.2, -0.15) is 0 Å². The van der Waals surface area contributed by atoms with E-state index in [4.69, 9.17) is 0 Å². The van der Waals surface area contributed by atoms with Crippen LogP contribution in [0, 0.1) is 0 Å². The quantitative estimate of drug-likeness (QED) is 0.459. The molecule has 1 N–H and O–H groups in total. The molecule has 4 nitrogen and oxygen atoms in total. The SMILES string of the molecule is O=C(Nc1ccccc1C(=O)N1CCC(c2ccccc2)C1)c1ccc2ccccc2c1. The number of amides is 2. The van der Waals surface area contributed by atoms with Crippen molar-refractivity contribution in [1.29, 1.82) is 0 Å². The van der Waals surface area contributed by atoms with E-state index in [2.05, 4.69) is 17.4 Å². The van der Waals surface area contributed by atoms with Crippen LogP contribution >= 0.6 is 0 Å². The minimum Gasteiger partial charge on any atom is -0.338 e. The standard InChI is InChI=1S/C28H24N2O2/c31-27(23-15-14-21-10-4-5-11-22(21)18-23)29-26-13-7-6-12-25(26)28(32)30-17-16-24(19-30)20-8-2-1-3-9-20/h1-15,18,24H,16-17,19H2,(H,29,31). The number of carbonyl (C=O) groups is 2. The minimum atomic E-state index is -0.223. The average Bonchev–Trinajstić information content (AvgIpc) is 3.35. The highest BCUT2D eigenvalue weighted by Gasteiger charge is 2.29. The summed E-state index contributed by atoms with van der Waals surface area (Å²) in [5, 5.41) is 5.05. The molecule has 5 rings (SSSR count). The van der Waals surface area contributed by atoms with Gasteiger partial charge >= 0.3 is 0 Å². The second-order valence-electron chi connectivity index (χ2n) is 8.21. The van der Waals surface area contributed by atoms with E-state index in [0.717, 1.165) is 17.2 Å². The van der Waals surface area contributed by atoms with Crippen LogP contribution in [0.25, 0.3) is 10.8 Å². The first-order chi connectivity index (χ1) is 15.7. The second-order valence-corrected chi connectivity index (χ2v) is 8.21. The van der Waals surface area contributed by atoms with Crippen molar-refractivity contribution in [2.24, 2.45) is 0 Å². The molecule has 4 aromatic rings. The second kappa shape index (κ2) is 8.67. The summed E-state index contributed by atoms with van der Waals surface area (Å²) < 4.78 is 0. The fourth-order valence-electron chi connectivity index (χ4n) is 4.42. The van der Waals surface area contributed by atoms with Crippen molar-refractivity contribution in [3.05, 3.63) is 114 Å². The predicted octanol–water partition coefficient (Wildman–Crippen LogP) is 5.72. The zero-order valence-corrected chi connectivity index (χ0v) is 17.7. The van der Waals surface area contributed by atoms with Gasteiger partial charge in [0.25, 0.3) is 11.8 Å². The first-order valence-electron chi connectivity index (χ1n) is 10.9. The number of rotatable bonds is 4. The molecule has 1 aliphatic heterocycles. The van der Waals surface area contributed by atoms with Crippen molar-refractivity contribution in [2.75, 3.05) is 18.4 Å². The van der Waals surface area contributed by atoms with E-state index in [9.17, 15) is 9.59 Å². The molecule has 2 amide bonds. The van der Waals surface area contributed by atoms with Gasteiger partial charge in [-0.1, -0.05) is 72.8 Å². The smallest absolute Gasteiger partial charge is 0.255 e. The molecule has 1 unspecified atom stereocenters. The van der Waals surface area contributed by atoms with E-state index in [1.807, 2.05) is 77.7 Å². The fourth-order valence-corrected chi connectivity index (χ4v) is 4.42. The van der Waals surface area contributed by atoms with Crippen molar-refractivity contribution >= 4 is 28.3 Å². The van der Waals surface area contributed by atoms with Crippen molar-refractivity contribution in [3.8, 4) is 0 Å². The summed E-state index contributed by atoms with van der Waals surface area (Å²) in [6, 6.07) is 31.1. The third kappa shape index (κ3) is 4.00. The summed E-state index contributed by atoms with van der Waals surface area (Å²) in [7, 11) is 0. The highest BCUT2D eigenvalue weighted by Crippen LogP contribution is 2.29. The van der Waals surface area contributed by atoms with Crippen LogP contribution in [0.2, 0.25) is 0 Å². The molecule has 0 radical (unpaired) electrons. The van der Waals surface area contributed by atoms with E-state index in [1.54, 1.807) is 12.1 Å². The number of nitrogens with zero attached hydrogens (tertiary/aromatic N) is 1. The van der Waals surface area contributed by atoms with E-state index in [0.29, 0.717) is 35.8 Å². The molecule has 4 aromatic carbocycles. The van der Waals surface area contributed by atoms with Gasteiger partial charge in [0.15, 0.2) is 0 Å². The lowest BCUT2D eigenvalue weighted by atomic mass is 9.99. The Hall–Kier alpha value is -3.92. The fraction of sp³-hybridized carbons (Fsp3) is 0.143. The number of hydrogen-bond donors (Lipinski definition) is 1. The average molecular weight is 421 g/mol. The number of anilines is 1. The van der Waals surface area contributed by atoms with Crippen LogP contribution in [-0.2, 0) is 0 Å². The van der Waals surface area contributed by atoms with Crippen LogP contribution in [0.4, 0.5) is 5.69 Å². The van der Waals surface area contributed by atoms with Crippen molar-refractivity contribution in [1.82, 2.24) is 4.90 Å². The Morgan fingerprint density at radius 1 is 0.781 bits per heavy atom. The maximum Gasteiger partial charge on any atom is 0.255 e. The van der Waals surface area contributed by atoms with Crippen molar-refractivity contribution in [3.63, 3.8) is 0 Å². The van der Waals surface area contributed by atoms with Crippen LogP contribution in [0.15, 0.2) is 97.1 Å². The molecule has 0 spiro atoms. The maximum atomic E-state index is 13.3. The Balaban J connectivity index is 1.34. The van der Waals surface area contributed by atoms with Gasteiger partial charge in [0.1, 0.15) is 0 Å². The molecule has 1 saturated heterocycles. The first-order valence-corrected chi connectivity index (χ1v) is 10.9. The molecule has 1 atom stereocenters. The molecule has 1 fully saturated rings. The highest BCUT2D eigenvalue weighted by molar-refractivity contribution is 6.10. The van der Waals surface area contributed by atoms with Crippen LogP contribution in [0.5, 0.6) is 0 Å². The summed E-state index contributed by atoms with van der Waals surface area (Å²) >= 11 is 0. The van der Waals surface area contributed by atoms with Crippen LogP contribution < -0.4 is 5.32 Å². The Morgan fingerprint density at radius 2 is 1.50 bits per heavy atom. The van der Waals surface area contributed by atoms with Gasteiger partial charge in [0.2, 0.25) is 0 Å². The largest absolute Gasteiger partial charge is 0.338 e. The summed E-state index contributed by atoms with van der Waals surface area (Å²) in [6.45, 7) is 1.40. The van der Waals surface area contributed by atoms with E-state index >= 15 is 0 Å². The summed E-state index contributed by atoms with van der Waals surface area (Å²) in [5.41, 5.74) is 2.89. The van der Waals surface area contributed by atoms with Gasteiger partial charge in [-0.25, -0.2) is 0 Å². The summed E-state index contributed by atoms with van der Waals surface area (Å²) in [4.78, 5) is 28.2. The third-order valence-corrected chi connectivity index (χ3v) is 6.16. The van der Waals surface area contributed by atoms with Crippen LogP contribution in [0.3, 0.4) is 0 Å². The lowest BCUT2D eigenvalue weighted by Gasteiger charge is -2.19. The number of nitrogens with one attached hydrogen (secondary N) is 1. The Morgan fingerprint density at radius 3 is 2.34 bits per heavy atom. The Kier molecular flexibility index (Phi) is 5.42. The normalized spacial score (nSPS) is 15.6. The number of fused-ring (bicyclic) bond motifs is 1. The predicted molar refractivity (Wildman–Crippen MR) is 128 cm³/mol. The van der Waals surface area contributed by atoms with Crippen LogP contribution in [0.1, 0.15) is 38.6 Å². The third-order valence-electron chi connectivity index (χ3n) is 6.16. The molecule has 4 heteroatoms. The summed E-state index contributed by atoms with van der Waals surface area (Å²) in [6.07, 6.45) is 0.946. The van der Waals surface area contributed by atoms with Gasteiger partial charge in [-0.3, -0.25) is 9.59 Å². The number of carbonyl (C=O) groups excluding carboxylic acids is 2. The summed E-state index contributed by atoms with van der Waals surface area (Å²) in [5.74, 6) is 0.0805. The molecule has 0 aromatic heterocycles. The lowest BCUT2D eigenvalue weighted by Crippen LogP contribution is -2.29. The number of hydrogen-bond acceptors (Lipinski definition) is 2. The van der Waals surface area contributed by atoms with Gasteiger partial charge in [0, 0.05) is 24.6 Å². The first kappa shape index (κ1) is 20.0. The molecule has 0 aliphatic carbocycles. The molecular weight excluding hydrogens is 396 g/mol. The topological polar surface area (TPSA) is 49.4 Å². The van der Waals surface area contributed by atoms with Gasteiger partial charge in [-0.05, 0) is 47.0 Å².